The van der Waals surface area contributed by atoms with Gasteiger partial charge in [0.15, 0.2) is 0 Å². The normalized spacial score (nSPS) is 12.1. The summed E-state index contributed by atoms with van der Waals surface area (Å²) in [6.07, 6.45) is 0.294. The number of nitrogens with one attached hydrogen (secondary N) is 1. The lowest BCUT2D eigenvalue weighted by molar-refractivity contribution is -0.140. The monoisotopic (exact) mass is 575 g/mol. The van der Waals surface area contributed by atoms with E-state index in [1.807, 2.05) is 13.0 Å². The second-order valence-electron chi connectivity index (χ2n) is 8.87. The van der Waals surface area contributed by atoms with Crippen molar-refractivity contribution in [3.63, 3.8) is 0 Å². The van der Waals surface area contributed by atoms with Crippen LogP contribution in [-0.2, 0) is 26.2 Å². The summed E-state index contributed by atoms with van der Waals surface area (Å²) in [7, 11) is -2.65. The number of rotatable bonds is 10. The molecule has 3 aromatic carbocycles. The SMILES string of the molecule is CC[C@H](C(=O)NC)N(Cc1c(Cl)cccc1Cl)C(=O)CN(c1ccc(C)cc1C)S(=O)(=O)c1ccccc1. The Morgan fingerprint density at radius 1 is 0.947 bits per heavy atom. The number of hydrogen-bond donors (Lipinski definition) is 1. The van der Waals surface area contributed by atoms with Crippen LogP contribution in [0.25, 0.3) is 0 Å². The van der Waals surface area contributed by atoms with Gasteiger partial charge in [0, 0.05) is 29.2 Å². The number of likely N-dealkylation sites (N-methyl/N-ethyl adjacent to an activating group) is 1. The predicted octanol–water partition coefficient (Wildman–Crippen LogP) is 5.36. The second kappa shape index (κ2) is 12.7. The number of carbonyl (C=O) groups excluding carboxylic acids is 2. The molecule has 0 saturated heterocycles. The number of halogens is 2. The molecule has 1 N–H and O–H groups in total. The minimum atomic E-state index is -4.13. The number of benzene rings is 3. The van der Waals surface area contributed by atoms with E-state index in [2.05, 4.69) is 5.32 Å². The first-order valence-electron chi connectivity index (χ1n) is 12.1. The molecule has 0 radical (unpaired) electrons. The molecule has 0 heterocycles. The average molecular weight is 577 g/mol. The van der Waals surface area contributed by atoms with Gasteiger partial charge < -0.3 is 10.2 Å². The Labute approximate surface area is 234 Å². The predicted molar refractivity (Wildman–Crippen MR) is 152 cm³/mol. The van der Waals surface area contributed by atoms with Crippen molar-refractivity contribution in [1.29, 1.82) is 0 Å². The molecule has 3 rings (SSSR count). The zero-order chi connectivity index (χ0) is 28.0. The van der Waals surface area contributed by atoms with Gasteiger partial charge in [-0.25, -0.2) is 8.42 Å². The Morgan fingerprint density at radius 3 is 2.13 bits per heavy atom. The third-order valence-electron chi connectivity index (χ3n) is 6.25. The van der Waals surface area contributed by atoms with E-state index in [1.165, 1.54) is 24.1 Å². The molecule has 10 heteroatoms. The van der Waals surface area contributed by atoms with Crippen LogP contribution >= 0.6 is 23.2 Å². The van der Waals surface area contributed by atoms with Gasteiger partial charge in [-0.1, -0.05) is 72.1 Å². The Bertz CT molecular complexity index is 1390. The Kier molecular flexibility index (Phi) is 9.82. The van der Waals surface area contributed by atoms with Crippen LogP contribution in [0.1, 0.15) is 30.0 Å². The Hall–Kier alpha value is -3.07. The molecule has 0 aliphatic rings. The van der Waals surface area contributed by atoms with Crippen LogP contribution in [0.3, 0.4) is 0 Å². The molecule has 38 heavy (non-hydrogen) atoms. The van der Waals surface area contributed by atoms with Crippen LogP contribution in [0.15, 0.2) is 71.6 Å². The molecule has 7 nitrogen and oxygen atoms in total. The maximum atomic E-state index is 14.0. The van der Waals surface area contributed by atoms with Crippen LogP contribution in [0, 0.1) is 13.8 Å². The van der Waals surface area contributed by atoms with Gasteiger partial charge in [-0.3, -0.25) is 13.9 Å². The van der Waals surface area contributed by atoms with E-state index in [0.717, 1.165) is 9.87 Å². The highest BCUT2D eigenvalue weighted by Crippen LogP contribution is 2.30. The van der Waals surface area contributed by atoms with Crippen molar-refractivity contribution in [3.05, 3.63) is 93.5 Å². The molecule has 1 atom stereocenters. The van der Waals surface area contributed by atoms with Crippen molar-refractivity contribution in [3.8, 4) is 0 Å². The minimum absolute atomic E-state index is 0.0480. The molecule has 202 valence electrons. The van der Waals surface area contributed by atoms with Crippen molar-refractivity contribution in [2.75, 3.05) is 17.9 Å². The first-order valence-corrected chi connectivity index (χ1v) is 14.3. The van der Waals surface area contributed by atoms with Crippen molar-refractivity contribution >= 4 is 50.7 Å². The molecule has 3 aromatic rings. The Morgan fingerprint density at radius 2 is 1.58 bits per heavy atom. The average Bonchev–Trinajstić information content (AvgIpc) is 2.89. The molecule has 0 aliphatic heterocycles. The van der Waals surface area contributed by atoms with Gasteiger partial charge in [-0.15, -0.1) is 0 Å². The van der Waals surface area contributed by atoms with Gasteiger partial charge in [-0.05, 0) is 56.2 Å². The number of anilines is 1. The fourth-order valence-corrected chi connectivity index (χ4v) is 6.27. The zero-order valence-electron chi connectivity index (χ0n) is 21.7. The largest absolute Gasteiger partial charge is 0.357 e. The third-order valence-corrected chi connectivity index (χ3v) is 8.74. The van der Waals surface area contributed by atoms with Gasteiger partial charge in [0.1, 0.15) is 12.6 Å². The first kappa shape index (κ1) is 29.5. The second-order valence-corrected chi connectivity index (χ2v) is 11.6. The van der Waals surface area contributed by atoms with Crippen LogP contribution in [0.5, 0.6) is 0 Å². The smallest absolute Gasteiger partial charge is 0.264 e. The highest BCUT2D eigenvalue weighted by molar-refractivity contribution is 7.92. The molecular weight excluding hydrogens is 545 g/mol. The van der Waals surface area contributed by atoms with Crippen LogP contribution in [-0.4, -0.2) is 44.8 Å². The van der Waals surface area contributed by atoms with Gasteiger partial charge in [0.25, 0.3) is 10.0 Å². The lowest BCUT2D eigenvalue weighted by atomic mass is 10.1. The number of amides is 2. The van der Waals surface area contributed by atoms with Gasteiger partial charge in [0.2, 0.25) is 11.8 Å². The van der Waals surface area contributed by atoms with Crippen LogP contribution in [0.4, 0.5) is 5.69 Å². The summed E-state index contributed by atoms with van der Waals surface area (Å²) < 4.78 is 28.8. The molecule has 0 saturated carbocycles. The van der Waals surface area contributed by atoms with Crippen molar-refractivity contribution in [1.82, 2.24) is 10.2 Å². The first-order chi connectivity index (χ1) is 18.0. The van der Waals surface area contributed by atoms with Crippen molar-refractivity contribution in [2.45, 2.75) is 44.7 Å². The summed E-state index contributed by atoms with van der Waals surface area (Å²) in [4.78, 5) is 28.2. The number of sulfonamides is 1. The minimum Gasteiger partial charge on any atom is -0.357 e. The maximum Gasteiger partial charge on any atom is 0.264 e. The molecule has 0 aliphatic carbocycles. The number of carbonyl (C=O) groups is 2. The quantitative estimate of drug-likeness (QED) is 0.352. The fourth-order valence-electron chi connectivity index (χ4n) is 4.26. The van der Waals surface area contributed by atoms with Gasteiger partial charge in [0.05, 0.1) is 10.6 Å². The van der Waals surface area contributed by atoms with Crippen molar-refractivity contribution < 1.29 is 18.0 Å². The summed E-state index contributed by atoms with van der Waals surface area (Å²) in [5.41, 5.74) is 2.48. The highest BCUT2D eigenvalue weighted by atomic mass is 35.5. The number of aryl methyl sites for hydroxylation is 2. The van der Waals surface area contributed by atoms with E-state index in [0.29, 0.717) is 33.3 Å². The van der Waals surface area contributed by atoms with E-state index < -0.39 is 28.5 Å². The molecule has 0 unspecified atom stereocenters. The fraction of sp³-hybridized carbons (Fsp3) is 0.286. The lowest BCUT2D eigenvalue weighted by Gasteiger charge is -2.33. The summed E-state index contributed by atoms with van der Waals surface area (Å²) in [6.45, 7) is 4.87. The van der Waals surface area contributed by atoms with Crippen LogP contribution in [0.2, 0.25) is 10.0 Å². The maximum absolute atomic E-state index is 14.0. The molecule has 0 fully saturated rings. The van der Waals surface area contributed by atoms with Gasteiger partial charge in [-0.2, -0.15) is 0 Å². The summed E-state index contributed by atoms with van der Waals surface area (Å²) >= 11 is 12.8. The highest BCUT2D eigenvalue weighted by Gasteiger charge is 2.34. The lowest BCUT2D eigenvalue weighted by Crippen LogP contribution is -2.52. The topological polar surface area (TPSA) is 86.8 Å². The van der Waals surface area contributed by atoms with E-state index in [9.17, 15) is 18.0 Å². The molecule has 0 spiro atoms. The standard InChI is InChI=1S/C28H31Cl2N3O4S/c1-5-25(28(35)31-4)32(17-22-23(29)12-9-13-24(22)30)27(34)18-33(26-15-14-19(2)16-20(26)3)38(36,37)21-10-7-6-8-11-21/h6-16,25H,5,17-18H2,1-4H3,(H,31,35)/t25-/m1/s1. The van der Waals surface area contributed by atoms with Gasteiger partial charge >= 0.3 is 0 Å². The number of hydrogen-bond acceptors (Lipinski definition) is 4. The molecule has 0 aromatic heterocycles. The summed E-state index contributed by atoms with van der Waals surface area (Å²) in [5.74, 6) is -0.955. The van der Waals surface area contributed by atoms with E-state index in [4.69, 9.17) is 23.2 Å². The summed E-state index contributed by atoms with van der Waals surface area (Å²) in [5, 5.41) is 3.27. The zero-order valence-corrected chi connectivity index (χ0v) is 24.1. The van der Waals surface area contributed by atoms with Crippen molar-refractivity contribution in [2.24, 2.45) is 0 Å². The van der Waals surface area contributed by atoms with E-state index in [1.54, 1.807) is 62.4 Å². The molecular formula is C28H31Cl2N3O4S. The summed E-state index contributed by atoms with van der Waals surface area (Å²) in [6, 6.07) is 17.4. The number of nitrogens with zero attached hydrogens (tertiary/aromatic N) is 2. The van der Waals surface area contributed by atoms with E-state index >= 15 is 0 Å². The Balaban J connectivity index is 2.12. The third kappa shape index (κ3) is 6.49. The van der Waals surface area contributed by atoms with E-state index in [-0.39, 0.29) is 17.3 Å². The molecule has 0 bridgehead atoms. The molecule has 2 amide bonds. The van der Waals surface area contributed by atoms with Crippen LogP contribution < -0.4 is 9.62 Å².